The lowest BCUT2D eigenvalue weighted by atomic mass is 9.73. The lowest BCUT2D eigenvalue weighted by Gasteiger charge is -2.37. The van der Waals surface area contributed by atoms with Crippen molar-refractivity contribution in [3.8, 4) is 0 Å². The van der Waals surface area contributed by atoms with Crippen LogP contribution in [0.2, 0.25) is 0 Å². The molecule has 0 radical (unpaired) electrons. The second-order valence-corrected chi connectivity index (χ2v) is 6.77. The van der Waals surface area contributed by atoms with E-state index >= 15 is 0 Å². The molecule has 1 fully saturated rings. The Hall–Kier alpha value is -0.410. The van der Waals surface area contributed by atoms with Gasteiger partial charge in [0.15, 0.2) is 0 Å². The first-order valence-electron chi connectivity index (χ1n) is 8.11. The number of nitrogens with one attached hydrogen (secondary N) is 1. The molecule has 1 heterocycles. The van der Waals surface area contributed by atoms with Gasteiger partial charge < -0.3 is 5.32 Å². The highest BCUT2D eigenvalue weighted by molar-refractivity contribution is 9.10. The molecule has 0 spiro atoms. The van der Waals surface area contributed by atoms with Gasteiger partial charge in [-0.2, -0.15) is 0 Å². The minimum Gasteiger partial charge on any atom is -0.308 e. The van der Waals surface area contributed by atoms with Crippen LogP contribution < -0.4 is 5.32 Å². The highest BCUT2D eigenvalue weighted by atomic mass is 79.9. The molecule has 0 aliphatic heterocycles. The quantitative estimate of drug-likeness (QED) is 0.780. The largest absolute Gasteiger partial charge is 0.308 e. The Morgan fingerprint density at radius 1 is 1.35 bits per heavy atom. The smallest absolute Gasteiger partial charge is 0.0717 e. The fourth-order valence-corrected chi connectivity index (χ4v) is 4.06. The Balaban J connectivity index is 2.24. The highest BCUT2D eigenvalue weighted by Gasteiger charge is 2.32. The van der Waals surface area contributed by atoms with Crippen molar-refractivity contribution in [2.45, 2.75) is 58.4 Å². The lowest BCUT2D eigenvalue weighted by molar-refractivity contribution is 0.173. The third-order valence-electron chi connectivity index (χ3n) is 4.62. The van der Waals surface area contributed by atoms with Crippen molar-refractivity contribution in [3.63, 3.8) is 0 Å². The summed E-state index contributed by atoms with van der Waals surface area (Å²) in [6.45, 7) is 5.64. The third kappa shape index (κ3) is 3.82. The van der Waals surface area contributed by atoms with Gasteiger partial charge in [-0.05, 0) is 59.3 Å². The zero-order valence-electron chi connectivity index (χ0n) is 12.7. The molecule has 112 valence electrons. The molecular formula is C17H27BrN2. The molecule has 1 aromatic heterocycles. The maximum Gasteiger partial charge on any atom is 0.0717 e. The van der Waals surface area contributed by atoms with Crippen LogP contribution in [0, 0.1) is 11.8 Å². The van der Waals surface area contributed by atoms with Crippen molar-refractivity contribution in [1.29, 1.82) is 0 Å². The van der Waals surface area contributed by atoms with Crippen molar-refractivity contribution in [3.05, 3.63) is 28.5 Å². The molecule has 3 heteroatoms. The second-order valence-electron chi connectivity index (χ2n) is 5.92. The molecule has 1 aliphatic carbocycles. The van der Waals surface area contributed by atoms with Crippen molar-refractivity contribution in [2.75, 3.05) is 6.54 Å². The van der Waals surface area contributed by atoms with E-state index in [0.717, 1.165) is 22.9 Å². The van der Waals surface area contributed by atoms with E-state index in [9.17, 15) is 0 Å². The van der Waals surface area contributed by atoms with E-state index in [1.807, 2.05) is 12.3 Å². The van der Waals surface area contributed by atoms with E-state index in [1.165, 1.54) is 44.2 Å². The predicted molar refractivity (Wildman–Crippen MR) is 88.7 cm³/mol. The van der Waals surface area contributed by atoms with Gasteiger partial charge in [0.05, 0.1) is 11.7 Å². The molecule has 0 amide bonds. The van der Waals surface area contributed by atoms with Gasteiger partial charge in [0.1, 0.15) is 0 Å². The van der Waals surface area contributed by atoms with Crippen LogP contribution in [-0.2, 0) is 0 Å². The second kappa shape index (κ2) is 8.14. The summed E-state index contributed by atoms with van der Waals surface area (Å²) in [4.78, 5) is 4.67. The molecule has 3 atom stereocenters. The molecule has 1 saturated carbocycles. The maximum absolute atomic E-state index is 4.67. The molecule has 1 aliphatic rings. The van der Waals surface area contributed by atoms with Crippen LogP contribution in [0.1, 0.15) is 64.1 Å². The van der Waals surface area contributed by atoms with Gasteiger partial charge in [0, 0.05) is 10.7 Å². The van der Waals surface area contributed by atoms with Crippen LogP contribution in [0.5, 0.6) is 0 Å². The van der Waals surface area contributed by atoms with E-state index in [-0.39, 0.29) is 0 Å². The summed E-state index contributed by atoms with van der Waals surface area (Å²) in [6, 6.07) is 4.52. The van der Waals surface area contributed by atoms with Crippen molar-refractivity contribution in [2.24, 2.45) is 11.8 Å². The molecule has 20 heavy (non-hydrogen) atoms. The number of hydrogen-bond acceptors (Lipinski definition) is 2. The minimum atomic E-state index is 0.399. The van der Waals surface area contributed by atoms with Crippen LogP contribution in [0.4, 0.5) is 0 Å². The van der Waals surface area contributed by atoms with Gasteiger partial charge in [-0.15, -0.1) is 0 Å². The highest BCUT2D eigenvalue weighted by Crippen LogP contribution is 2.41. The van der Waals surface area contributed by atoms with Crippen LogP contribution in [-0.4, -0.2) is 11.5 Å². The van der Waals surface area contributed by atoms with Gasteiger partial charge in [0.2, 0.25) is 0 Å². The van der Waals surface area contributed by atoms with Crippen LogP contribution in [0.15, 0.2) is 22.8 Å². The first-order chi connectivity index (χ1) is 9.77. The Morgan fingerprint density at radius 3 is 2.85 bits per heavy atom. The summed E-state index contributed by atoms with van der Waals surface area (Å²) in [7, 11) is 0. The van der Waals surface area contributed by atoms with E-state index in [1.54, 1.807) is 0 Å². The topological polar surface area (TPSA) is 24.9 Å². The SMILES string of the molecule is CCCNC(c1ncccc1Br)C1CCCCC1CC. The number of pyridine rings is 1. The third-order valence-corrected chi connectivity index (χ3v) is 5.29. The number of hydrogen-bond donors (Lipinski definition) is 1. The standard InChI is InChI=1S/C17H27BrN2/c1-3-11-19-16(17-15(18)10-7-12-20-17)14-9-6-5-8-13(14)4-2/h7,10,12-14,16,19H,3-6,8-9,11H2,1-2H3. The van der Waals surface area contributed by atoms with Gasteiger partial charge in [-0.1, -0.05) is 39.5 Å². The van der Waals surface area contributed by atoms with E-state index in [4.69, 9.17) is 0 Å². The Labute approximate surface area is 131 Å². The van der Waals surface area contributed by atoms with Crippen molar-refractivity contribution < 1.29 is 0 Å². The monoisotopic (exact) mass is 338 g/mol. The molecular weight excluding hydrogens is 312 g/mol. The predicted octanol–water partition coefficient (Wildman–Crippen LogP) is 5.10. The van der Waals surface area contributed by atoms with E-state index in [2.05, 4.69) is 46.1 Å². The fourth-order valence-electron chi connectivity index (χ4n) is 3.56. The van der Waals surface area contributed by atoms with Crippen molar-refractivity contribution >= 4 is 15.9 Å². The Morgan fingerprint density at radius 2 is 2.15 bits per heavy atom. The summed E-state index contributed by atoms with van der Waals surface area (Å²) in [5.74, 6) is 1.57. The molecule has 2 nitrogen and oxygen atoms in total. The number of nitrogens with zero attached hydrogens (tertiary/aromatic N) is 1. The van der Waals surface area contributed by atoms with Crippen LogP contribution in [0.3, 0.4) is 0 Å². The molecule has 1 N–H and O–H groups in total. The maximum atomic E-state index is 4.67. The zero-order chi connectivity index (χ0) is 14.4. The Bertz CT molecular complexity index is 408. The number of aromatic nitrogens is 1. The van der Waals surface area contributed by atoms with Crippen molar-refractivity contribution in [1.82, 2.24) is 10.3 Å². The fraction of sp³-hybridized carbons (Fsp3) is 0.706. The summed E-state index contributed by atoms with van der Waals surface area (Å²) in [5, 5.41) is 3.77. The lowest BCUT2D eigenvalue weighted by Crippen LogP contribution is -2.35. The summed E-state index contributed by atoms with van der Waals surface area (Å²) >= 11 is 3.69. The van der Waals surface area contributed by atoms with Gasteiger partial charge in [-0.3, -0.25) is 4.98 Å². The molecule has 1 aromatic rings. The summed E-state index contributed by atoms with van der Waals surface area (Å²) < 4.78 is 1.15. The molecule has 0 aromatic carbocycles. The summed E-state index contributed by atoms with van der Waals surface area (Å²) in [6.07, 6.45) is 9.88. The first kappa shape index (κ1) is 16.0. The van der Waals surface area contributed by atoms with E-state index in [0.29, 0.717) is 6.04 Å². The summed E-state index contributed by atoms with van der Waals surface area (Å²) in [5.41, 5.74) is 1.20. The normalized spacial score (nSPS) is 24.6. The van der Waals surface area contributed by atoms with Gasteiger partial charge >= 0.3 is 0 Å². The van der Waals surface area contributed by atoms with Crippen LogP contribution in [0.25, 0.3) is 0 Å². The molecule has 0 bridgehead atoms. The van der Waals surface area contributed by atoms with Crippen LogP contribution >= 0.6 is 15.9 Å². The molecule has 0 saturated heterocycles. The zero-order valence-corrected chi connectivity index (χ0v) is 14.3. The number of rotatable bonds is 6. The van der Waals surface area contributed by atoms with E-state index < -0.39 is 0 Å². The molecule has 2 rings (SSSR count). The van der Waals surface area contributed by atoms with Gasteiger partial charge in [0.25, 0.3) is 0 Å². The Kier molecular flexibility index (Phi) is 6.50. The number of halogens is 1. The molecule has 3 unspecified atom stereocenters. The first-order valence-corrected chi connectivity index (χ1v) is 8.91. The minimum absolute atomic E-state index is 0.399. The average Bonchev–Trinajstić information content (AvgIpc) is 2.49. The van der Waals surface area contributed by atoms with Gasteiger partial charge in [-0.25, -0.2) is 0 Å². The average molecular weight is 339 g/mol.